The van der Waals surface area contributed by atoms with Crippen LogP contribution < -0.4 is 10.2 Å². The van der Waals surface area contributed by atoms with Crippen LogP contribution in [0.25, 0.3) is 21.9 Å². The van der Waals surface area contributed by atoms with Crippen LogP contribution in [0.15, 0.2) is 45.6 Å². The van der Waals surface area contributed by atoms with Crippen molar-refractivity contribution >= 4 is 21.9 Å². The van der Waals surface area contributed by atoms with E-state index in [1.807, 2.05) is 0 Å². The van der Waals surface area contributed by atoms with Crippen LogP contribution in [0.2, 0.25) is 0 Å². The molecule has 3 aromatic rings. The second-order valence-electron chi connectivity index (χ2n) is 9.10. The van der Waals surface area contributed by atoms with Gasteiger partial charge in [-0.1, -0.05) is 12.1 Å². The third-order valence-electron chi connectivity index (χ3n) is 6.57. The molecule has 2 fully saturated rings. The fourth-order valence-corrected chi connectivity index (χ4v) is 4.31. The zero-order valence-electron chi connectivity index (χ0n) is 19.2. The molecule has 2 aliphatic rings. The van der Waals surface area contributed by atoms with Crippen LogP contribution in [0.4, 0.5) is 0 Å². The molecular weight excluding hydrogens is 496 g/mol. The third kappa shape index (κ3) is 4.54. The summed E-state index contributed by atoms with van der Waals surface area (Å²) in [7, 11) is 0. The molecular formula is C24H26O13. The summed E-state index contributed by atoms with van der Waals surface area (Å²) >= 11 is 0. The van der Waals surface area contributed by atoms with Crippen molar-refractivity contribution in [1.82, 2.24) is 0 Å². The molecule has 37 heavy (non-hydrogen) atoms. The van der Waals surface area contributed by atoms with Gasteiger partial charge in [-0.25, -0.2) is 0 Å². The number of hydrogen-bond acceptors (Lipinski definition) is 13. The van der Waals surface area contributed by atoms with Gasteiger partial charge in [0, 0.05) is 6.07 Å². The van der Waals surface area contributed by atoms with Gasteiger partial charge in [0.15, 0.2) is 17.8 Å². The fourth-order valence-electron chi connectivity index (χ4n) is 4.31. The number of hydrogen-bond donors (Lipinski definition) is 7. The van der Waals surface area contributed by atoms with Gasteiger partial charge in [0.25, 0.3) is 0 Å². The van der Waals surface area contributed by atoms with E-state index in [1.54, 1.807) is 24.3 Å². The maximum atomic E-state index is 12.8. The quantitative estimate of drug-likeness (QED) is 0.180. The summed E-state index contributed by atoms with van der Waals surface area (Å²) in [4.78, 5) is 12.8. The highest BCUT2D eigenvalue weighted by atomic mass is 16.7. The summed E-state index contributed by atoms with van der Waals surface area (Å²) in [5.41, 5.74) is -1.89. The Balaban J connectivity index is 1.35. The molecule has 13 heteroatoms. The first kappa shape index (κ1) is 25.8. The monoisotopic (exact) mass is 522 g/mol. The number of aliphatic hydroxyl groups excluding tert-OH is 5. The molecule has 0 amide bonds. The van der Waals surface area contributed by atoms with Crippen molar-refractivity contribution in [3.05, 3.63) is 46.6 Å². The average Bonchev–Trinajstić information content (AvgIpc) is 3.18. The van der Waals surface area contributed by atoms with Crippen molar-refractivity contribution in [1.29, 1.82) is 0 Å². The first-order chi connectivity index (χ1) is 17.6. The maximum absolute atomic E-state index is 12.8. The second kappa shape index (κ2) is 9.79. The number of benzene rings is 2. The summed E-state index contributed by atoms with van der Waals surface area (Å²) in [6.45, 7) is -1.65. The van der Waals surface area contributed by atoms with E-state index in [9.17, 15) is 40.5 Å². The number of ether oxygens (including phenoxy) is 4. The van der Waals surface area contributed by atoms with Gasteiger partial charge in [-0.3, -0.25) is 4.79 Å². The van der Waals surface area contributed by atoms with Gasteiger partial charge in [0.2, 0.25) is 11.7 Å². The van der Waals surface area contributed by atoms with Crippen LogP contribution >= 0.6 is 0 Å². The molecule has 2 aliphatic heterocycles. The van der Waals surface area contributed by atoms with Crippen molar-refractivity contribution in [2.24, 2.45) is 0 Å². The van der Waals surface area contributed by atoms with Crippen LogP contribution in [0.3, 0.4) is 0 Å². The Morgan fingerprint density at radius 1 is 0.973 bits per heavy atom. The van der Waals surface area contributed by atoms with Gasteiger partial charge >= 0.3 is 0 Å². The molecule has 5 rings (SSSR count). The molecule has 7 N–H and O–H groups in total. The highest BCUT2D eigenvalue weighted by molar-refractivity contribution is 5.91. The zero-order valence-corrected chi connectivity index (χ0v) is 19.2. The Hall–Kier alpha value is -2.85. The number of aliphatic hydroxyl groups is 6. The molecule has 2 saturated heterocycles. The van der Waals surface area contributed by atoms with Crippen molar-refractivity contribution in [3.8, 4) is 11.5 Å². The minimum Gasteiger partial charge on any atom is -0.504 e. The Morgan fingerprint density at radius 2 is 1.73 bits per heavy atom. The molecule has 13 nitrogen and oxygen atoms in total. The minimum atomic E-state index is -1.92. The van der Waals surface area contributed by atoms with Crippen molar-refractivity contribution in [2.75, 3.05) is 19.8 Å². The summed E-state index contributed by atoms with van der Waals surface area (Å²) < 4.78 is 27.4. The molecule has 1 aromatic heterocycles. The number of phenols is 1. The Kier molecular flexibility index (Phi) is 6.83. The standard InChI is InChI=1S/C24H26O13/c25-8-24(32)9-34-23(21(24)31)33-7-16-18(28)19(29)20(30)22(37-16)36-15-6-14-11(5-12(15)26)17(27)10-3-1-2-4-13(10)35-14/h1-6,16,18-23,25-26,28-32H,7-9H2/t16-,18-,19+,20-,21+,22-,23-,24-/m1/s1. The lowest BCUT2D eigenvalue weighted by Crippen LogP contribution is -2.60. The molecule has 0 bridgehead atoms. The summed E-state index contributed by atoms with van der Waals surface area (Å²) in [5, 5.41) is 71.4. The van der Waals surface area contributed by atoms with Crippen LogP contribution in [0.1, 0.15) is 0 Å². The van der Waals surface area contributed by atoms with E-state index in [-0.39, 0.29) is 22.1 Å². The van der Waals surface area contributed by atoms with E-state index < -0.39 is 74.3 Å². The number of rotatable bonds is 6. The Bertz CT molecular complexity index is 1340. The first-order valence-corrected chi connectivity index (χ1v) is 11.4. The molecule has 2 aromatic carbocycles. The predicted octanol–water partition coefficient (Wildman–Crippen LogP) is -1.70. The van der Waals surface area contributed by atoms with Crippen molar-refractivity contribution in [3.63, 3.8) is 0 Å². The van der Waals surface area contributed by atoms with E-state index in [1.165, 1.54) is 6.07 Å². The highest BCUT2D eigenvalue weighted by Gasteiger charge is 2.50. The lowest BCUT2D eigenvalue weighted by Gasteiger charge is -2.40. The molecule has 3 heterocycles. The zero-order chi connectivity index (χ0) is 26.5. The maximum Gasteiger partial charge on any atom is 0.229 e. The minimum absolute atomic E-state index is 0.0889. The molecule has 8 atom stereocenters. The normalized spacial score (nSPS) is 34.3. The van der Waals surface area contributed by atoms with Crippen LogP contribution in [0.5, 0.6) is 11.5 Å². The van der Waals surface area contributed by atoms with E-state index in [0.717, 1.165) is 6.07 Å². The Morgan fingerprint density at radius 3 is 2.46 bits per heavy atom. The lowest BCUT2D eigenvalue weighted by atomic mass is 9.99. The number of fused-ring (bicyclic) bond motifs is 2. The molecule has 0 radical (unpaired) electrons. The van der Waals surface area contributed by atoms with Gasteiger partial charge in [0.1, 0.15) is 47.3 Å². The summed E-state index contributed by atoms with van der Waals surface area (Å²) in [6, 6.07) is 8.93. The summed E-state index contributed by atoms with van der Waals surface area (Å²) in [5.74, 6) is -0.703. The number of aromatic hydroxyl groups is 1. The molecule has 0 aliphatic carbocycles. The molecule has 0 spiro atoms. The highest BCUT2D eigenvalue weighted by Crippen LogP contribution is 2.35. The third-order valence-corrected chi connectivity index (χ3v) is 6.57. The van der Waals surface area contributed by atoms with Crippen molar-refractivity contribution in [2.45, 2.75) is 48.7 Å². The van der Waals surface area contributed by atoms with Crippen LogP contribution in [-0.4, -0.2) is 104 Å². The average molecular weight is 522 g/mol. The predicted molar refractivity (Wildman–Crippen MR) is 123 cm³/mol. The van der Waals surface area contributed by atoms with Crippen LogP contribution in [0, 0.1) is 0 Å². The van der Waals surface area contributed by atoms with E-state index in [4.69, 9.17) is 23.4 Å². The van der Waals surface area contributed by atoms with Gasteiger partial charge < -0.3 is 59.1 Å². The molecule has 0 saturated carbocycles. The molecule has 0 unspecified atom stereocenters. The van der Waals surface area contributed by atoms with Crippen molar-refractivity contribution < 1.29 is 59.1 Å². The van der Waals surface area contributed by atoms with Gasteiger partial charge in [-0.15, -0.1) is 0 Å². The van der Waals surface area contributed by atoms with E-state index in [2.05, 4.69) is 0 Å². The number of para-hydroxylation sites is 1. The topological polar surface area (TPSA) is 209 Å². The second-order valence-corrected chi connectivity index (χ2v) is 9.10. The van der Waals surface area contributed by atoms with Gasteiger partial charge in [0.05, 0.1) is 30.6 Å². The van der Waals surface area contributed by atoms with Gasteiger partial charge in [-0.05, 0) is 18.2 Å². The summed E-state index contributed by atoms with van der Waals surface area (Å²) in [6.07, 6.45) is -11.0. The fraction of sp³-hybridized carbons (Fsp3) is 0.458. The van der Waals surface area contributed by atoms with Crippen LogP contribution in [-0.2, 0) is 14.2 Å². The van der Waals surface area contributed by atoms with Gasteiger partial charge in [-0.2, -0.15) is 0 Å². The first-order valence-electron chi connectivity index (χ1n) is 11.4. The molecule has 200 valence electrons. The largest absolute Gasteiger partial charge is 0.504 e. The van der Waals surface area contributed by atoms with E-state index >= 15 is 0 Å². The lowest BCUT2D eigenvalue weighted by molar-refractivity contribution is -0.289. The Labute approximate surface area is 208 Å². The van der Waals surface area contributed by atoms with E-state index in [0.29, 0.717) is 11.0 Å². The number of phenolic OH excluding ortho intramolecular Hbond substituents is 1. The SMILES string of the molecule is O=c1c2ccccc2oc2cc(O[C@@H]3O[C@H](CO[C@@H]4OC[C@](O)(CO)[C@H]4O)[C@@H](O)[C@H](O)[C@H]3O)c(O)cc12. The smallest absolute Gasteiger partial charge is 0.229 e.